The normalized spacial score (nSPS) is 14.5. The van der Waals surface area contributed by atoms with Crippen LogP contribution in [0.4, 0.5) is 0 Å². The average Bonchev–Trinajstić information content (AvgIpc) is 3.67. The minimum Gasteiger partial charge on any atom is -0.337 e. The number of fused-ring (bicyclic) bond motifs is 3. The number of H-pyrrole nitrogens is 2. The van der Waals surface area contributed by atoms with E-state index in [9.17, 15) is 0 Å². The molecule has 2 N–H and O–H groups in total. The van der Waals surface area contributed by atoms with E-state index in [1.807, 2.05) is 0 Å². The van der Waals surface area contributed by atoms with E-state index in [1.54, 1.807) is 0 Å². The fraction of sp³-hybridized carbons (Fsp3) is 0.226. The van der Waals surface area contributed by atoms with Gasteiger partial charge in [0, 0.05) is 11.9 Å². The molecule has 0 unspecified atom stereocenters. The Morgan fingerprint density at radius 3 is 2.64 bits per heavy atom. The van der Waals surface area contributed by atoms with Gasteiger partial charge >= 0.3 is 0 Å². The van der Waals surface area contributed by atoms with Crippen LogP contribution in [0, 0.1) is 0 Å². The highest BCUT2D eigenvalue weighted by molar-refractivity contribution is 6.01. The third kappa shape index (κ3) is 3.59. The fourth-order valence-corrected chi connectivity index (χ4v) is 5.69. The molecule has 4 aromatic carbocycles. The maximum Gasteiger partial charge on any atom is 0.159 e. The maximum absolute atomic E-state index is 5.06. The molecule has 0 spiro atoms. The number of para-hydroxylation sites is 1. The Labute approximate surface area is 210 Å². The largest absolute Gasteiger partial charge is 0.337 e. The van der Waals surface area contributed by atoms with Crippen LogP contribution in [-0.4, -0.2) is 38.2 Å². The topological polar surface area (TPSA) is 60.6 Å². The van der Waals surface area contributed by atoms with Crippen molar-refractivity contribution in [1.82, 2.24) is 25.1 Å². The Hall–Kier alpha value is -3.96. The van der Waals surface area contributed by atoms with Crippen molar-refractivity contribution >= 4 is 32.7 Å². The van der Waals surface area contributed by atoms with Gasteiger partial charge < -0.3 is 4.98 Å². The molecule has 5 heteroatoms. The van der Waals surface area contributed by atoms with Gasteiger partial charge in [0.05, 0.1) is 16.6 Å². The van der Waals surface area contributed by atoms with Crippen molar-refractivity contribution in [3.63, 3.8) is 0 Å². The summed E-state index contributed by atoms with van der Waals surface area (Å²) in [4.78, 5) is 11.1. The van der Waals surface area contributed by atoms with Gasteiger partial charge in [-0.25, -0.2) is 4.98 Å². The lowest BCUT2D eigenvalue weighted by molar-refractivity contribution is 0.332. The summed E-state index contributed by atoms with van der Waals surface area (Å²) in [7, 11) is 0. The first-order valence-corrected chi connectivity index (χ1v) is 13.0. The van der Waals surface area contributed by atoms with Gasteiger partial charge in [0.25, 0.3) is 0 Å². The Morgan fingerprint density at radius 1 is 0.861 bits per heavy atom. The van der Waals surface area contributed by atoms with Gasteiger partial charge in [0.15, 0.2) is 5.82 Å². The quantitative estimate of drug-likeness (QED) is 0.282. The molecular weight excluding hydrogens is 442 g/mol. The van der Waals surface area contributed by atoms with Gasteiger partial charge in [-0.3, -0.25) is 10.00 Å². The van der Waals surface area contributed by atoms with E-state index in [0.717, 1.165) is 46.4 Å². The van der Waals surface area contributed by atoms with E-state index in [2.05, 4.69) is 94.7 Å². The minimum atomic E-state index is 0.814. The number of hydrogen-bond acceptors (Lipinski definition) is 3. The molecule has 6 aromatic rings. The SMILES string of the molecule is CCc1cc(-c2ccc3[nH]nc(-c4nc5c(CN6CCCC6)cccc5[nH]4)c3c2)c2ccccc2c1. The summed E-state index contributed by atoms with van der Waals surface area (Å²) in [6.45, 7) is 5.52. The van der Waals surface area contributed by atoms with Gasteiger partial charge in [-0.1, -0.05) is 61.5 Å². The summed E-state index contributed by atoms with van der Waals surface area (Å²) in [5.74, 6) is 0.814. The van der Waals surface area contributed by atoms with Crippen molar-refractivity contribution in [3.8, 4) is 22.6 Å². The highest BCUT2D eigenvalue weighted by Crippen LogP contribution is 2.35. The lowest BCUT2D eigenvalue weighted by Crippen LogP contribution is -2.18. The molecule has 0 bridgehead atoms. The molecule has 1 saturated heterocycles. The molecule has 1 aliphatic rings. The lowest BCUT2D eigenvalue weighted by atomic mass is 9.94. The molecule has 0 aliphatic carbocycles. The number of rotatable bonds is 5. The number of aromatic nitrogens is 4. The first kappa shape index (κ1) is 21.3. The number of imidazole rings is 1. The van der Waals surface area contributed by atoms with E-state index in [4.69, 9.17) is 10.1 Å². The van der Waals surface area contributed by atoms with Crippen LogP contribution in [-0.2, 0) is 13.0 Å². The van der Waals surface area contributed by atoms with Crippen LogP contribution in [0.25, 0.3) is 55.4 Å². The van der Waals surface area contributed by atoms with Gasteiger partial charge in [-0.2, -0.15) is 5.10 Å². The molecule has 0 atom stereocenters. The first-order chi connectivity index (χ1) is 17.8. The summed E-state index contributed by atoms with van der Waals surface area (Å²) in [5, 5.41) is 11.6. The van der Waals surface area contributed by atoms with Crippen molar-refractivity contribution in [2.75, 3.05) is 13.1 Å². The number of nitrogens with zero attached hydrogens (tertiary/aromatic N) is 3. The number of benzene rings is 4. The van der Waals surface area contributed by atoms with Crippen LogP contribution in [0.1, 0.15) is 30.9 Å². The Bertz CT molecular complexity index is 1720. The number of likely N-dealkylation sites (tertiary alicyclic amines) is 1. The first-order valence-electron chi connectivity index (χ1n) is 13.0. The van der Waals surface area contributed by atoms with E-state index in [1.165, 1.54) is 59.0 Å². The summed E-state index contributed by atoms with van der Waals surface area (Å²) in [6, 6.07) is 26.3. The molecule has 0 saturated carbocycles. The molecule has 3 heterocycles. The summed E-state index contributed by atoms with van der Waals surface area (Å²) in [6.07, 6.45) is 3.59. The van der Waals surface area contributed by atoms with E-state index < -0.39 is 0 Å². The molecule has 2 aromatic heterocycles. The molecule has 7 rings (SSSR count). The monoisotopic (exact) mass is 471 g/mol. The Morgan fingerprint density at radius 2 is 1.75 bits per heavy atom. The molecule has 178 valence electrons. The van der Waals surface area contributed by atoms with Crippen LogP contribution in [0.15, 0.2) is 72.8 Å². The van der Waals surface area contributed by atoms with Gasteiger partial charge in [-0.05, 0) is 83.6 Å². The van der Waals surface area contributed by atoms with E-state index >= 15 is 0 Å². The third-order valence-corrected chi connectivity index (χ3v) is 7.62. The van der Waals surface area contributed by atoms with Gasteiger partial charge in [0.2, 0.25) is 0 Å². The second-order valence-corrected chi connectivity index (χ2v) is 9.93. The molecule has 36 heavy (non-hydrogen) atoms. The maximum atomic E-state index is 5.06. The zero-order chi connectivity index (χ0) is 24.1. The zero-order valence-corrected chi connectivity index (χ0v) is 20.5. The number of aryl methyl sites for hydroxylation is 1. The van der Waals surface area contributed by atoms with Crippen LogP contribution >= 0.6 is 0 Å². The van der Waals surface area contributed by atoms with E-state index in [0.29, 0.717) is 0 Å². The highest BCUT2D eigenvalue weighted by atomic mass is 15.1. The van der Waals surface area contributed by atoms with Crippen LogP contribution in [0.5, 0.6) is 0 Å². The van der Waals surface area contributed by atoms with Crippen LogP contribution < -0.4 is 0 Å². The van der Waals surface area contributed by atoms with Crippen molar-refractivity contribution in [1.29, 1.82) is 0 Å². The van der Waals surface area contributed by atoms with Crippen LogP contribution in [0.2, 0.25) is 0 Å². The zero-order valence-electron chi connectivity index (χ0n) is 20.5. The summed E-state index contributed by atoms with van der Waals surface area (Å²) < 4.78 is 0. The molecule has 1 fully saturated rings. The predicted molar refractivity (Wildman–Crippen MR) is 148 cm³/mol. The standard InChI is InChI=1S/C31H29N5/c1-2-20-16-21-8-3-4-10-24(21)25(17-20)22-12-13-27-26(18-22)30(35-34-27)31-32-28-11-7-9-23(29(28)33-31)19-36-14-5-6-15-36/h3-4,7-13,16-18H,2,5-6,14-15,19H2,1H3,(H,32,33)(H,34,35). The highest BCUT2D eigenvalue weighted by Gasteiger charge is 2.18. The number of nitrogens with one attached hydrogen (secondary N) is 2. The Balaban J connectivity index is 1.35. The average molecular weight is 472 g/mol. The third-order valence-electron chi connectivity index (χ3n) is 7.62. The Kier molecular flexibility index (Phi) is 5.10. The van der Waals surface area contributed by atoms with Crippen molar-refractivity contribution in [2.24, 2.45) is 0 Å². The molecule has 0 amide bonds. The van der Waals surface area contributed by atoms with E-state index in [-0.39, 0.29) is 0 Å². The summed E-state index contributed by atoms with van der Waals surface area (Å²) >= 11 is 0. The second-order valence-electron chi connectivity index (χ2n) is 9.93. The molecule has 5 nitrogen and oxygen atoms in total. The van der Waals surface area contributed by atoms with Gasteiger partial charge in [0.1, 0.15) is 5.69 Å². The van der Waals surface area contributed by atoms with Crippen molar-refractivity contribution in [2.45, 2.75) is 32.7 Å². The molecular formula is C31H29N5. The van der Waals surface area contributed by atoms with Crippen molar-refractivity contribution < 1.29 is 0 Å². The molecule has 1 aliphatic heterocycles. The smallest absolute Gasteiger partial charge is 0.159 e. The second kappa shape index (κ2) is 8.61. The van der Waals surface area contributed by atoms with Gasteiger partial charge in [-0.15, -0.1) is 0 Å². The number of hydrogen-bond donors (Lipinski definition) is 2. The number of aromatic amines is 2. The predicted octanol–water partition coefficient (Wildman–Crippen LogP) is 7.08. The summed E-state index contributed by atoms with van der Waals surface area (Å²) in [5.41, 5.74) is 9.08. The van der Waals surface area contributed by atoms with Crippen molar-refractivity contribution in [3.05, 3.63) is 83.9 Å². The molecule has 0 radical (unpaired) electrons. The minimum absolute atomic E-state index is 0.814. The lowest BCUT2D eigenvalue weighted by Gasteiger charge is -2.14. The van der Waals surface area contributed by atoms with Crippen LogP contribution in [0.3, 0.4) is 0 Å². The fourth-order valence-electron chi connectivity index (χ4n) is 5.69.